The predicted molar refractivity (Wildman–Crippen MR) is 76.7 cm³/mol. The molecule has 2 aromatic rings. The quantitative estimate of drug-likeness (QED) is 0.793. The Bertz CT molecular complexity index is 776. The number of carbonyl (C=O) groups excluding carboxylic acids is 1. The number of ether oxygens (including phenoxy) is 1. The van der Waals surface area contributed by atoms with Crippen molar-refractivity contribution in [2.24, 2.45) is 0 Å². The maximum Gasteiger partial charge on any atom is 0.264 e. The van der Waals surface area contributed by atoms with Crippen LogP contribution in [0.25, 0.3) is 5.57 Å². The molecule has 0 unspecified atom stereocenters. The van der Waals surface area contributed by atoms with Crippen LogP contribution >= 0.6 is 0 Å². The summed E-state index contributed by atoms with van der Waals surface area (Å²) in [6.07, 6.45) is 1.48. The number of fused-ring (bicyclic) bond motifs is 1. The second-order valence-corrected chi connectivity index (χ2v) is 4.47. The topological polar surface area (TPSA) is 120 Å². The zero-order valence-corrected chi connectivity index (χ0v) is 11.6. The number of hydrogen-bond donors (Lipinski definition) is 2. The number of carbonyl (C=O) groups is 1. The number of nitrogens with zero attached hydrogens (tertiary/aromatic N) is 5. The van der Waals surface area contributed by atoms with Crippen molar-refractivity contribution < 1.29 is 9.53 Å². The van der Waals surface area contributed by atoms with Crippen LogP contribution in [0, 0.1) is 11.3 Å². The molecule has 0 radical (unpaired) electrons. The third-order valence-electron chi connectivity index (χ3n) is 3.14. The van der Waals surface area contributed by atoms with E-state index in [9.17, 15) is 4.79 Å². The molecule has 1 amide bonds. The zero-order valence-electron chi connectivity index (χ0n) is 11.6. The highest BCUT2D eigenvalue weighted by Gasteiger charge is 2.22. The lowest BCUT2D eigenvalue weighted by Gasteiger charge is -2.26. The molecular formula is C13H11N7O2. The van der Waals surface area contributed by atoms with Crippen LogP contribution in [0.2, 0.25) is 0 Å². The SMILES string of the molecule is CN1C(=O)COc2cc(NC=C(C#N)c3nn[nH]n3)ccc21. The Morgan fingerprint density at radius 2 is 2.45 bits per heavy atom. The van der Waals surface area contributed by atoms with Gasteiger partial charge in [-0.3, -0.25) is 4.79 Å². The molecule has 0 fully saturated rings. The summed E-state index contributed by atoms with van der Waals surface area (Å²) in [6.45, 7) is 0.00903. The van der Waals surface area contributed by atoms with Gasteiger partial charge in [-0.05, 0) is 17.3 Å². The van der Waals surface area contributed by atoms with Gasteiger partial charge in [-0.1, -0.05) is 0 Å². The van der Waals surface area contributed by atoms with E-state index in [1.165, 1.54) is 6.20 Å². The number of allylic oxidation sites excluding steroid dienone is 1. The Labute approximate surface area is 125 Å². The Balaban J connectivity index is 1.82. The van der Waals surface area contributed by atoms with E-state index in [0.29, 0.717) is 17.1 Å². The third kappa shape index (κ3) is 2.45. The first kappa shape index (κ1) is 13.6. The average molecular weight is 297 g/mol. The number of amides is 1. The molecule has 0 saturated heterocycles. The maximum absolute atomic E-state index is 11.5. The van der Waals surface area contributed by atoms with Gasteiger partial charge < -0.3 is 15.0 Å². The molecule has 0 aliphatic carbocycles. The number of aromatic amines is 1. The van der Waals surface area contributed by atoms with Gasteiger partial charge in [0.15, 0.2) is 6.61 Å². The van der Waals surface area contributed by atoms with Crippen LogP contribution in [0.1, 0.15) is 5.82 Å². The molecular weight excluding hydrogens is 286 g/mol. The fourth-order valence-electron chi connectivity index (χ4n) is 1.95. The Kier molecular flexibility index (Phi) is 3.41. The van der Waals surface area contributed by atoms with E-state index in [-0.39, 0.29) is 23.9 Å². The number of nitrogens with one attached hydrogen (secondary N) is 2. The summed E-state index contributed by atoms with van der Waals surface area (Å²) in [6, 6.07) is 7.27. The molecule has 9 heteroatoms. The minimum Gasteiger partial charge on any atom is -0.481 e. The molecule has 0 atom stereocenters. The number of aromatic nitrogens is 4. The number of tetrazole rings is 1. The number of benzene rings is 1. The molecule has 1 aliphatic rings. The average Bonchev–Trinajstić information content (AvgIpc) is 3.06. The van der Waals surface area contributed by atoms with Crippen LogP contribution in [-0.2, 0) is 4.79 Å². The normalized spacial score (nSPS) is 14.1. The van der Waals surface area contributed by atoms with Gasteiger partial charge in [0, 0.05) is 25.0 Å². The van der Waals surface area contributed by atoms with E-state index in [1.807, 2.05) is 6.07 Å². The molecule has 0 spiro atoms. The minimum atomic E-state index is -0.100. The van der Waals surface area contributed by atoms with Gasteiger partial charge in [-0.2, -0.15) is 10.5 Å². The second-order valence-electron chi connectivity index (χ2n) is 4.47. The molecule has 3 rings (SSSR count). The molecule has 9 nitrogen and oxygen atoms in total. The van der Waals surface area contributed by atoms with Gasteiger partial charge in [-0.25, -0.2) is 0 Å². The van der Waals surface area contributed by atoms with Crippen molar-refractivity contribution >= 4 is 22.9 Å². The van der Waals surface area contributed by atoms with Crippen molar-refractivity contribution in [1.29, 1.82) is 5.26 Å². The second kappa shape index (κ2) is 5.53. The van der Waals surface area contributed by atoms with Crippen molar-refractivity contribution in [3.05, 3.63) is 30.2 Å². The fourth-order valence-corrected chi connectivity index (χ4v) is 1.95. The summed E-state index contributed by atoms with van der Waals surface area (Å²) in [7, 11) is 1.70. The van der Waals surface area contributed by atoms with Gasteiger partial charge in [-0.15, -0.1) is 10.2 Å². The number of rotatable bonds is 3. The number of nitriles is 1. The monoisotopic (exact) mass is 297 g/mol. The van der Waals surface area contributed by atoms with Gasteiger partial charge in [0.05, 0.1) is 5.69 Å². The van der Waals surface area contributed by atoms with Gasteiger partial charge >= 0.3 is 0 Å². The van der Waals surface area contributed by atoms with E-state index in [2.05, 4.69) is 25.9 Å². The number of anilines is 2. The van der Waals surface area contributed by atoms with Gasteiger partial charge in [0.1, 0.15) is 17.4 Å². The summed E-state index contributed by atoms with van der Waals surface area (Å²) >= 11 is 0. The van der Waals surface area contributed by atoms with E-state index in [0.717, 1.165) is 0 Å². The summed E-state index contributed by atoms with van der Waals surface area (Å²) in [5, 5.41) is 25.2. The lowest BCUT2D eigenvalue weighted by atomic mass is 10.2. The Hall–Kier alpha value is -3.41. The zero-order chi connectivity index (χ0) is 15.5. The van der Waals surface area contributed by atoms with Gasteiger partial charge in [0.2, 0.25) is 5.82 Å². The molecule has 110 valence electrons. The minimum absolute atomic E-state index is 0.00903. The predicted octanol–water partition coefficient (Wildman–Crippen LogP) is 0.531. The molecule has 1 aliphatic heterocycles. The van der Waals surface area contributed by atoms with Crippen molar-refractivity contribution in [3.8, 4) is 11.8 Å². The number of H-pyrrole nitrogens is 1. The first-order valence-electron chi connectivity index (χ1n) is 6.33. The standard InChI is InChI=1S/C13H11N7O2/c1-20-10-3-2-9(4-11(10)22-7-12(20)21)15-6-8(5-14)13-16-18-19-17-13/h2-4,6,15H,7H2,1H3,(H,16,17,18,19). The molecule has 0 bridgehead atoms. The summed E-state index contributed by atoms with van der Waals surface area (Å²) < 4.78 is 5.40. The first-order valence-corrected chi connectivity index (χ1v) is 6.33. The van der Waals surface area contributed by atoms with Crippen LogP contribution in [0.3, 0.4) is 0 Å². The smallest absolute Gasteiger partial charge is 0.264 e. The van der Waals surface area contributed by atoms with E-state index >= 15 is 0 Å². The lowest BCUT2D eigenvalue weighted by molar-refractivity contribution is -0.120. The fraction of sp³-hybridized carbons (Fsp3) is 0.154. The Morgan fingerprint density at radius 1 is 1.59 bits per heavy atom. The largest absolute Gasteiger partial charge is 0.481 e. The number of hydrogen-bond acceptors (Lipinski definition) is 7. The molecule has 2 N–H and O–H groups in total. The molecule has 1 aromatic heterocycles. The lowest BCUT2D eigenvalue weighted by Crippen LogP contribution is -2.35. The van der Waals surface area contributed by atoms with Crippen molar-refractivity contribution in [2.45, 2.75) is 0 Å². The molecule has 22 heavy (non-hydrogen) atoms. The van der Waals surface area contributed by atoms with Crippen molar-refractivity contribution in [2.75, 3.05) is 23.9 Å². The highest BCUT2D eigenvalue weighted by molar-refractivity contribution is 5.97. The van der Waals surface area contributed by atoms with E-state index < -0.39 is 0 Å². The summed E-state index contributed by atoms with van der Waals surface area (Å²) in [5.74, 6) is 0.699. The molecule has 0 saturated carbocycles. The van der Waals surface area contributed by atoms with Crippen molar-refractivity contribution in [3.63, 3.8) is 0 Å². The third-order valence-corrected chi connectivity index (χ3v) is 3.14. The van der Waals surface area contributed by atoms with E-state index in [4.69, 9.17) is 10.00 Å². The van der Waals surface area contributed by atoms with Crippen LogP contribution in [0.15, 0.2) is 24.4 Å². The first-order chi connectivity index (χ1) is 10.7. The maximum atomic E-state index is 11.5. The molecule has 1 aromatic carbocycles. The number of likely N-dealkylation sites (N-methyl/N-ethyl adjacent to an activating group) is 1. The molecule has 2 heterocycles. The van der Waals surface area contributed by atoms with E-state index in [1.54, 1.807) is 30.1 Å². The van der Waals surface area contributed by atoms with Crippen LogP contribution in [0.5, 0.6) is 5.75 Å². The summed E-state index contributed by atoms with van der Waals surface area (Å²) in [4.78, 5) is 13.1. The van der Waals surface area contributed by atoms with Crippen LogP contribution in [0.4, 0.5) is 11.4 Å². The highest BCUT2D eigenvalue weighted by Crippen LogP contribution is 2.33. The summed E-state index contributed by atoms with van der Waals surface area (Å²) in [5.41, 5.74) is 1.64. The van der Waals surface area contributed by atoms with Gasteiger partial charge in [0.25, 0.3) is 5.91 Å². The van der Waals surface area contributed by atoms with Crippen molar-refractivity contribution in [1.82, 2.24) is 20.6 Å². The van der Waals surface area contributed by atoms with Crippen LogP contribution < -0.4 is 15.0 Å². The Morgan fingerprint density at radius 3 is 3.18 bits per heavy atom. The highest BCUT2D eigenvalue weighted by atomic mass is 16.5. The van der Waals surface area contributed by atoms with Crippen LogP contribution in [-0.4, -0.2) is 40.2 Å².